The maximum atomic E-state index is 12.0. The van der Waals surface area contributed by atoms with Crippen LogP contribution in [0.2, 0.25) is 0 Å². The molecule has 1 heterocycles. The highest BCUT2D eigenvalue weighted by Gasteiger charge is 2.19. The second kappa shape index (κ2) is 9.85. The van der Waals surface area contributed by atoms with Gasteiger partial charge in [-0.2, -0.15) is 0 Å². The molecule has 0 bridgehead atoms. The Hall–Kier alpha value is -2.92. The van der Waals surface area contributed by atoms with Crippen LogP contribution in [-0.2, 0) is 11.3 Å². The zero-order valence-electron chi connectivity index (χ0n) is 15.9. The minimum atomic E-state index is -0.955. The number of amides is 1. The zero-order valence-corrected chi connectivity index (χ0v) is 15.9. The van der Waals surface area contributed by atoms with Gasteiger partial charge in [0.1, 0.15) is 0 Å². The fraction of sp³-hybridized carbons (Fsp3) is 0.304. The van der Waals surface area contributed by atoms with Gasteiger partial charge in [0.25, 0.3) is 0 Å². The molecule has 0 unspecified atom stereocenters. The van der Waals surface area contributed by atoms with E-state index in [2.05, 4.69) is 34.5 Å². The van der Waals surface area contributed by atoms with Crippen molar-refractivity contribution in [3.63, 3.8) is 0 Å². The first-order chi connectivity index (χ1) is 13.6. The van der Waals surface area contributed by atoms with Crippen LogP contribution < -0.4 is 5.32 Å². The van der Waals surface area contributed by atoms with Crippen molar-refractivity contribution in [2.75, 3.05) is 19.6 Å². The molecule has 0 aromatic heterocycles. The van der Waals surface area contributed by atoms with Gasteiger partial charge in [-0.3, -0.25) is 9.69 Å². The molecule has 5 heteroatoms. The van der Waals surface area contributed by atoms with Gasteiger partial charge in [0.15, 0.2) is 0 Å². The molecule has 28 heavy (non-hydrogen) atoms. The standard InChI is InChI=1S/C23H26N2O3/c26-22(11-8-18-6-9-21(10-7-18)23(27)28)24-16-19-12-14-25(15-13-19)17-20-4-2-1-3-5-20/h1-11,19H,12-17H2,(H,24,26)(H,27,28). The van der Waals surface area contributed by atoms with Crippen molar-refractivity contribution >= 4 is 18.0 Å². The van der Waals surface area contributed by atoms with Gasteiger partial charge in [-0.05, 0) is 61.2 Å². The van der Waals surface area contributed by atoms with E-state index >= 15 is 0 Å². The summed E-state index contributed by atoms with van der Waals surface area (Å²) in [5.41, 5.74) is 2.38. The minimum Gasteiger partial charge on any atom is -0.478 e. The van der Waals surface area contributed by atoms with Gasteiger partial charge >= 0.3 is 5.97 Å². The summed E-state index contributed by atoms with van der Waals surface area (Å²) in [5.74, 6) is -0.559. The topological polar surface area (TPSA) is 69.6 Å². The SMILES string of the molecule is O=C(C=Cc1ccc(C(=O)O)cc1)NCC1CCN(Cc2ccccc2)CC1. The van der Waals surface area contributed by atoms with E-state index < -0.39 is 5.97 Å². The van der Waals surface area contributed by atoms with Gasteiger partial charge in [0.05, 0.1) is 5.56 Å². The molecule has 146 valence electrons. The Labute approximate surface area is 165 Å². The highest BCUT2D eigenvalue weighted by Crippen LogP contribution is 2.18. The molecule has 0 radical (unpaired) electrons. The molecule has 0 spiro atoms. The third-order valence-corrected chi connectivity index (χ3v) is 5.11. The molecule has 0 aliphatic carbocycles. The average Bonchev–Trinajstić information content (AvgIpc) is 2.73. The molecule has 5 nitrogen and oxygen atoms in total. The predicted molar refractivity (Wildman–Crippen MR) is 110 cm³/mol. The van der Waals surface area contributed by atoms with Gasteiger partial charge in [-0.25, -0.2) is 4.79 Å². The lowest BCUT2D eigenvalue weighted by Crippen LogP contribution is -2.38. The first-order valence-corrected chi connectivity index (χ1v) is 9.66. The van der Waals surface area contributed by atoms with E-state index in [-0.39, 0.29) is 11.5 Å². The fourth-order valence-electron chi connectivity index (χ4n) is 3.40. The number of hydrogen-bond acceptors (Lipinski definition) is 3. The summed E-state index contributed by atoms with van der Waals surface area (Å²) in [6.45, 7) is 3.80. The molecule has 2 aromatic carbocycles. The molecular formula is C23H26N2O3. The Morgan fingerprint density at radius 2 is 1.71 bits per heavy atom. The average molecular weight is 378 g/mol. The van der Waals surface area contributed by atoms with Crippen LogP contribution in [0.3, 0.4) is 0 Å². The molecule has 1 saturated heterocycles. The van der Waals surface area contributed by atoms with Crippen molar-refractivity contribution in [2.24, 2.45) is 5.92 Å². The fourth-order valence-corrected chi connectivity index (χ4v) is 3.40. The number of carbonyl (C=O) groups is 2. The van der Waals surface area contributed by atoms with E-state index in [1.54, 1.807) is 18.2 Å². The number of aromatic carboxylic acids is 1. The quantitative estimate of drug-likeness (QED) is 0.725. The lowest BCUT2D eigenvalue weighted by Gasteiger charge is -2.32. The maximum Gasteiger partial charge on any atom is 0.335 e. The van der Waals surface area contributed by atoms with Crippen molar-refractivity contribution < 1.29 is 14.7 Å². The number of nitrogens with one attached hydrogen (secondary N) is 1. The van der Waals surface area contributed by atoms with Crippen LogP contribution in [0.4, 0.5) is 0 Å². The predicted octanol–water partition coefficient (Wildman–Crippen LogP) is 3.43. The number of piperidine rings is 1. The lowest BCUT2D eigenvalue weighted by atomic mass is 9.96. The first kappa shape index (κ1) is 19.8. The van der Waals surface area contributed by atoms with Crippen molar-refractivity contribution in [3.05, 3.63) is 77.4 Å². The summed E-state index contributed by atoms with van der Waals surface area (Å²) in [4.78, 5) is 25.3. The van der Waals surface area contributed by atoms with Crippen LogP contribution in [-0.4, -0.2) is 41.5 Å². The number of carbonyl (C=O) groups excluding carboxylic acids is 1. The van der Waals surface area contributed by atoms with Gasteiger partial charge < -0.3 is 10.4 Å². The second-order valence-corrected chi connectivity index (χ2v) is 7.21. The van der Waals surface area contributed by atoms with Crippen LogP contribution in [0.15, 0.2) is 60.7 Å². The van der Waals surface area contributed by atoms with Crippen LogP contribution in [0.5, 0.6) is 0 Å². The van der Waals surface area contributed by atoms with Gasteiger partial charge in [-0.15, -0.1) is 0 Å². The lowest BCUT2D eigenvalue weighted by molar-refractivity contribution is -0.116. The Balaban J connectivity index is 1.37. The summed E-state index contributed by atoms with van der Waals surface area (Å²) in [7, 11) is 0. The van der Waals surface area contributed by atoms with Crippen molar-refractivity contribution in [3.8, 4) is 0 Å². The normalized spacial score (nSPS) is 15.6. The van der Waals surface area contributed by atoms with Crippen LogP contribution in [0.25, 0.3) is 6.08 Å². The zero-order chi connectivity index (χ0) is 19.8. The van der Waals surface area contributed by atoms with Crippen molar-refractivity contribution in [2.45, 2.75) is 19.4 Å². The number of hydrogen-bond donors (Lipinski definition) is 2. The maximum absolute atomic E-state index is 12.0. The van der Waals surface area contributed by atoms with Gasteiger partial charge in [0.2, 0.25) is 5.91 Å². The number of carboxylic acids is 1. The van der Waals surface area contributed by atoms with Crippen LogP contribution in [0, 0.1) is 5.92 Å². The summed E-state index contributed by atoms with van der Waals surface area (Å²) >= 11 is 0. The van der Waals surface area contributed by atoms with Gasteiger partial charge in [0, 0.05) is 19.2 Å². The number of carboxylic acid groups (broad SMARTS) is 1. The van der Waals surface area contributed by atoms with Crippen LogP contribution in [0.1, 0.15) is 34.3 Å². The summed E-state index contributed by atoms with van der Waals surface area (Å²) in [6.07, 6.45) is 5.38. The first-order valence-electron chi connectivity index (χ1n) is 9.66. The molecule has 1 amide bonds. The van der Waals surface area contributed by atoms with E-state index in [4.69, 9.17) is 5.11 Å². The Morgan fingerprint density at radius 1 is 1.04 bits per heavy atom. The molecule has 2 N–H and O–H groups in total. The highest BCUT2D eigenvalue weighted by molar-refractivity contribution is 5.92. The number of benzene rings is 2. The van der Waals surface area contributed by atoms with E-state index in [1.807, 2.05) is 6.07 Å². The number of nitrogens with zero attached hydrogens (tertiary/aromatic N) is 1. The molecule has 1 aliphatic heterocycles. The van der Waals surface area contributed by atoms with E-state index in [9.17, 15) is 9.59 Å². The monoisotopic (exact) mass is 378 g/mol. The van der Waals surface area contributed by atoms with E-state index in [0.717, 1.165) is 38.0 Å². The smallest absolute Gasteiger partial charge is 0.335 e. The largest absolute Gasteiger partial charge is 0.478 e. The second-order valence-electron chi connectivity index (χ2n) is 7.21. The molecule has 1 aliphatic rings. The van der Waals surface area contributed by atoms with Gasteiger partial charge in [-0.1, -0.05) is 42.5 Å². The summed E-state index contributed by atoms with van der Waals surface area (Å²) in [6, 6.07) is 17.0. The Kier molecular flexibility index (Phi) is 6.98. The Morgan fingerprint density at radius 3 is 2.36 bits per heavy atom. The molecule has 3 rings (SSSR count). The highest BCUT2D eigenvalue weighted by atomic mass is 16.4. The molecule has 2 aromatic rings. The van der Waals surface area contributed by atoms with E-state index in [0.29, 0.717) is 12.5 Å². The summed E-state index contributed by atoms with van der Waals surface area (Å²) in [5, 5.41) is 11.9. The molecular weight excluding hydrogens is 352 g/mol. The van der Waals surface area contributed by atoms with Crippen LogP contribution >= 0.6 is 0 Å². The number of likely N-dealkylation sites (tertiary alicyclic amines) is 1. The number of rotatable bonds is 7. The third-order valence-electron chi connectivity index (χ3n) is 5.11. The van der Waals surface area contributed by atoms with Crippen molar-refractivity contribution in [1.82, 2.24) is 10.2 Å². The van der Waals surface area contributed by atoms with Crippen molar-refractivity contribution in [1.29, 1.82) is 0 Å². The molecule has 0 saturated carbocycles. The third kappa shape index (κ3) is 6.06. The molecule has 0 atom stereocenters. The summed E-state index contributed by atoms with van der Waals surface area (Å²) < 4.78 is 0. The minimum absolute atomic E-state index is 0.117. The molecule has 1 fully saturated rings. The van der Waals surface area contributed by atoms with E-state index in [1.165, 1.54) is 23.8 Å². The Bertz CT molecular complexity index is 808.